The van der Waals surface area contributed by atoms with Crippen LogP contribution in [0, 0.1) is 0 Å². The summed E-state index contributed by atoms with van der Waals surface area (Å²) in [5.74, 6) is -5.95. The molecule has 1 unspecified atom stereocenters. The van der Waals surface area contributed by atoms with E-state index in [1.165, 1.54) is 20.8 Å². The van der Waals surface area contributed by atoms with Crippen LogP contribution in [0.4, 0.5) is 26.3 Å². The molecule has 0 aromatic heterocycles. The van der Waals surface area contributed by atoms with Crippen LogP contribution in [0.5, 0.6) is 0 Å². The van der Waals surface area contributed by atoms with Gasteiger partial charge in [0.15, 0.2) is 9.84 Å². The molecular weight excluding hydrogens is 603 g/mol. The molecule has 0 saturated carbocycles. The van der Waals surface area contributed by atoms with Crippen molar-refractivity contribution in [2.45, 2.75) is 50.2 Å². The maximum Gasteiger partial charge on any atom is 0.417 e. The number of hydrogen-bond donors (Lipinski definition) is 1. The summed E-state index contributed by atoms with van der Waals surface area (Å²) in [6, 6.07) is 3.56. The second-order valence-corrected chi connectivity index (χ2v) is 12.6. The van der Waals surface area contributed by atoms with Crippen molar-refractivity contribution in [3.05, 3.63) is 73.2 Å². The fourth-order valence-corrected chi connectivity index (χ4v) is 5.67. The van der Waals surface area contributed by atoms with E-state index in [1.54, 1.807) is 0 Å². The summed E-state index contributed by atoms with van der Waals surface area (Å²) in [6.45, 7) is 3.85. The van der Waals surface area contributed by atoms with E-state index in [0.29, 0.717) is 6.08 Å². The molecule has 2 rings (SSSR count). The fraction of sp³-hybridized carbons (Fsp3) is 0.375. The van der Waals surface area contributed by atoms with Crippen molar-refractivity contribution in [2.24, 2.45) is 5.73 Å². The van der Waals surface area contributed by atoms with E-state index < -0.39 is 73.2 Å². The highest BCUT2D eigenvalue weighted by atomic mass is 35.5. The van der Waals surface area contributed by atoms with Crippen LogP contribution in [0.25, 0.3) is 6.08 Å². The Balaban J connectivity index is 2.84. The highest BCUT2D eigenvalue weighted by Gasteiger charge is 2.42. The molecule has 2 aromatic rings. The lowest BCUT2D eigenvalue weighted by Gasteiger charge is -2.24. The van der Waals surface area contributed by atoms with E-state index >= 15 is 0 Å². The average Bonchev–Trinajstić information content (AvgIpc) is 2.74. The Hall–Kier alpha value is -1.95. The third-order valence-electron chi connectivity index (χ3n) is 5.71. The van der Waals surface area contributed by atoms with Crippen molar-refractivity contribution >= 4 is 56.6 Å². The molecule has 0 radical (unpaired) electrons. The van der Waals surface area contributed by atoms with E-state index in [-0.39, 0.29) is 20.6 Å². The quantitative estimate of drug-likeness (QED) is 0.239. The normalized spacial score (nSPS) is 14.8. The molecule has 0 spiro atoms. The smallest absolute Gasteiger partial charge is 0.366 e. The Morgan fingerprint density at radius 3 is 1.95 bits per heavy atom. The van der Waals surface area contributed by atoms with E-state index in [1.807, 2.05) is 0 Å². The summed E-state index contributed by atoms with van der Waals surface area (Å²) in [6.07, 6.45) is -8.74. The zero-order valence-electron chi connectivity index (χ0n) is 20.0. The van der Waals surface area contributed by atoms with Gasteiger partial charge in [0, 0.05) is 0 Å². The highest BCUT2D eigenvalue weighted by Crippen LogP contribution is 2.43. The molecule has 1 amide bonds. The van der Waals surface area contributed by atoms with Crippen molar-refractivity contribution < 1.29 is 39.6 Å². The Morgan fingerprint density at radius 1 is 1.00 bits per heavy atom. The van der Waals surface area contributed by atoms with E-state index in [9.17, 15) is 39.6 Å². The van der Waals surface area contributed by atoms with Crippen molar-refractivity contribution in [3.63, 3.8) is 0 Å². The Bertz CT molecular complexity index is 1330. The fourth-order valence-electron chi connectivity index (χ4n) is 3.81. The van der Waals surface area contributed by atoms with Crippen LogP contribution in [0.1, 0.15) is 65.2 Å². The Labute approximate surface area is 230 Å². The van der Waals surface area contributed by atoms with E-state index in [4.69, 9.17) is 40.5 Å². The SMILES string of the molecule is CC(C)S(=O)(=O)C[C@H](C)c1c(/C=C/C(c2cc(Cl)c(Cl)c(Cl)c2)C(F)(F)F)ccc(C(N)=O)c1C(F)(F)F. The van der Waals surface area contributed by atoms with Crippen molar-refractivity contribution in [3.8, 4) is 0 Å². The van der Waals surface area contributed by atoms with Gasteiger partial charge in [0.2, 0.25) is 5.91 Å². The van der Waals surface area contributed by atoms with Gasteiger partial charge in [-0.2, -0.15) is 26.3 Å². The summed E-state index contributed by atoms with van der Waals surface area (Å²) in [5, 5.41) is -1.65. The lowest BCUT2D eigenvalue weighted by atomic mass is 9.87. The second-order valence-electron chi connectivity index (χ2n) is 8.81. The first-order valence-electron chi connectivity index (χ1n) is 10.8. The van der Waals surface area contributed by atoms with Gasteiger partial charge in [-0.05, 0) is 54.7 Å². The van der Waals surface area contributed by atoms with Gasteiger partial charge in [0.25, 0.3) is 0 Å². The van der Waals surface area contributed by atoms with Crippen molar-refractivity contribution in [1.29, 1.82) is 0 Å². The number of carbonyl (C=O) groups is 1. The van der Waals surface area contributed by atoms with Crippen LogP contribution in [0.3, 0.4) is 0 Å². The highest BCUT2D eigenvalue weighted by molar-refractivity contribution is 7.92. The van der Waals surface area contributed by atoms with E-state index in [0.717, 1.165) is 30.3 Å². The third-order valence-corrected chi connectivity index (χ3v) is 9.31. The van der Waals surface area contributed by atoms with Crippen LogP contribution in [0.2, 0.25) is 15.1 Å². The summed E-state index contributed by atoms with van der Waals surface area (Å²) in [4.78, 5) is 11.8. The summed E-state index contributed by atoms with van der Waals surface area (Å²) < 4.78 is 110. The molecule has 38 heavy (non-hydrogen) atoms. The number of amides is 1. The summed E-state index contributed by atoms with van der Waals surface area (Å²) in [5.41, 5.74) is 1.19. The maximum absolute atomic E-state index is 14.2. The largest absolute Gasteiger partial charge is 0.417 e. The first-order chi connectivity index (χ1) is 17.2. The van der Waals surface area contributed by atoms with Gasteiger partial charge in [-0.3, -0.25) is 4.79 Å². The van der Waals surface area contributed by atoms with Gasteiger partial charge in [-0.15, -0.1) is 0 Å². The minimum atomic E-state index is -5.18. The molecule has 0 fully saturated rings. The Morgan fingerprint density at radius 2 is 1.53 bits per heavy atom. The second kappa shape index (κ2) is 11.7. The van der Waals surface area contributed by atoms with Crippen molar-refractivity contribution in [1.82, 2.24) is 0 Å². The molecule has 2 atom stereocenters. The number of halogens is 9. The number of benzene rings is 2. The van der Waals surface area contributed by atoms with Gasteiger partial charge < -0.3 is 5.73 Å². The van der Waals surface area contributed by atoms with E-state index in [2.05, 4.69) is 0 Å². The summed E-state index contributed by atoms with van der Waals surface area (Å²) >= 11 is 17.6. The monoisotopic (exact) mass is 623 g/mol. The molecule has 2 aromatic carbocycles. The van der Waals surface area contributed by atoms with Gasteiger partial charge in [0.05, 0.1) is 43.1 Å². The number of hydrogen-bond acceptors (Lipinski definition) is 3. The van der Waals surface area contributed by atoms with Gasteiger partial charge in [0.1, 0.15) is 0 Å². The van der Waals surface area contributed by atoms with Crippen LogP contribution >= 0.6 is 34.8 Å². The molecular formula is C24H22Cl3F6NO3S. The third kappa shape index (κ3) is 7.37. The van der Waals surface area contributed by atoms with Crippen molar-refractivity contribution in [2.75, 3.05) is 5.75 Å². The van der Waals surface area contributed by atoms with Crippen LogP contribution < -0.4 is 5.73 Å². The minimum Gasteiger partial charge on any atom is -0.366 e. The molecule has 0 bridgehead atoms. The minimum absolute atomic E-state index is 0.179. The molecule has 0 saturated heterocycles. The predicted molar refractivity (Wildman–Crippen MR) is 137 cm³/mol. The standard InChI is InChI=1S/C24H22Cl3F6NO3S/c1-11(2)38(36,37)10-12(3)19-13(4-6-15(22(34)35)20(19)24(31,32)33)5-7-16(23(28,29)30)14-8-17(25)21(27)18(26)9-14/h4-9,11-12,16H,10H2,1-3H3,(H2,34,35)/b7-5+/t12-,16?/m0/s1. The molecule has 2 N–H and O–H groups in total. The average molecular weight is 625 g/mol. The molecule has 0 heterocycles. The Kier molecular flexibility index (Phi) is 9.89. The zero-order valence-corrected chi connectivity index (χ0v) is 23.1. The molecule has 4 nitrogen and oxygen atoms in total. The number of carbonyl (C=O) groups excluding carboxylic acids is 1. The van der Waals surface area contributed by atoms with Gasteiger partial charge in [-0.1, -0.05) is 59.9 Å². The number of allylic oxidation sites excluding steroid dienone is 1. The topological polar surface area (TPSA) is 77.2 Å². The van der Waals surface area contributed by atoms with Crippen LogP contribution in [-0.2, 0) is 16.0 Å². The number of sulfone groups is 1. The molecule has 0 aliphatic rings. The molecule has 210 valence electrons. The lowest BCUT2D eigenvalue weighted by Crippen LogP contribution is -2.26. The van der Waals surface area contributed by atoms with Gasteiger partial charge >= 0.3 is 12.4 Å². The van der Waals surface area contributed by atoms with Gasteiger partial charge in [-0.25, -0.2) is 8.42 Å². The summed E-state index contributed by atoms with van der Waals surface area (Å²) in [7, 11) is -3.90. The molecule has 0 aliphatic heterocycles. The molecule has 14 heteroatoms. The first kappa shape index (κ1) is 32.3. The number of alkyl halides is 6. The zero-order chi connectivity index (χ0) is 29.4. The molecule has 0 aliphatic carbocycles. The number of nitrogens with two attached hydrogens (primary N) is 1. The lowest BCUT2D eigenvalue weighted by molar-refractivity contribution is -0.140. The first-order valence-corrected chi connectivity index (χ1v) is 13.7. The predicted octanol–water partition coefficient (Wildman–Crippen LogP) is 8.05. The maximum atomic E-state index is 14.2. The van der Waals surface area contributed by atoms with Crippen LogP contribution in [0.15, 0.2) is 30.3 Å². The number of primary amides is 1. The number of rotatable bonds is 8. The van der Waals surface area contributed by atoms with Crippen LogP contribution in [-0.4, -0.2) is 31.5 Å².